The van der Waals surface area contributed by atoms with Crippen LogP contribution in [0.15, 0.2) is 28.7 Å². The number of likely N-dealkylation sites (N-methyl/N-ethyl adjacent to an activating group) is 1. The van der Waals surface area contributed by atoms with E-state index in [0.717, 1.165) is 23.4 Å². The van der Waals surface area contributed by atoms with Crippen molar-refractivity contribution >= 4 is 15.9 Å². The number of halogens is 1. The van der Waals surface area contributed by atoms with Crippen LogP contribution in [0, 0.1) is 5.92 Å². The third-order valence-corrected chi connectivity index (χ3v) is 4.12. The van der Waals surface area contributed by atoms with Crippen molar-refractivity contribution in [3.05, 3.63) is 34.3 Å². The van der Waals surface area contributed by atoms with Crippen molar-refractivity contribution in [1.29, 1.82) is 0 Å². The van der Waals surface area contributed by atoms with Crippen molar-refractivity contribution in [2.75, 3.05) is 13.7 Å². The molecule has 100 valence electrons. The second-order valence-electron chi connectivity index (χ2n) is 5.03. The predicted octanol–water partition coefficient (Wildman–Crippen LogP) is 3.39. The summed E-state index contributed by atoms with van der Waals surface area (Å²) in [4.78, 5) is 0. The zero-order chi connectivity index (χ0) is 13.0. The van der Waals surface area contributed by atoms with E-state index in [-0.39, 0.29) is 0 Å². The van der Waals surface area contributed by atoms with E-state index in [9.17, 15) is 0 Å². The van der Waals surface area contributed by atoms with Crippen molar-refractivity contribution in [2.24, 2.45) is 5.92 Å². The van der Waals surface area contributed by atoms with Gasteiger partial charge in [0.25, 0.3) is 0 Å². The number of hydrogen-bond donors (Lipinski definition) is 1. The molecule has 1 fully saturated rings. The first kappa shape index (κ1) is 14.0. The molecule has 0 heterocycles. The van der Waals surface area contributed by atoms with Gasteiger partial charge in [0.1, 0.15) is 0 Å². The van der Waals surface area contributed by atoms with Crippen molar-refractivity contribution in [2.45, 2.75) is 38.3 Å². The van der Waals surface area contributed by atoms with Gasteiger partial charge in [0, 0.05) is 17.6 Å². The molecule has 1 aliphatic carbocycles. The molecule has 2 atom stereocenters. The molecule has 0 aliphatic heterocycles. The standard InChI is InChI=1S/C15H22BrNO/c1-3-17-14(15(18-2)12-6-7-12)10-11-4-8-13(16)9-5-11/h4-5,8-9,12,14-15,17H,3,6-7,10H2,1-2H3. The number of ether oxygens (including phenoxy) is 1. The van der Waals surface area contributed by atoms with E-state index < -0.39 is 0 Å². The second kappa shape index (κ2) is 6.69. The first-order valence-electron chi connectivity index (χ1n) is 6.75. The molecule has 2 rings (SSSR count). The number of nitrogens with one attached hydrogen (secondary N) is 1. The van der Waals surface area contributed by atoms with Gasteiger partial charge in [-0.25, -0.2) is 0 Å². The van der Waals surface area contributed by atoms with Gasteiger partial charge in [0.2, 0.25) is 0 Å². The predicted molar refractivity (Wildman–Crippen MR) is 78.8 cm³/mol. The molecule has 0 aromatic heterocycles. The van der Waals surface area contributed by atoms with E-state index in [1.165, 1.54) is 18.4 Å². The number of rotatable bonds is 7. The SMILES string of the molecule is CCNC(Cc1ccc(Br)cc1)C(OC)C1CC1. The molecule has 0 spiro atoms. The molecule has 2 unspecified atom stereocenters. The minimum Gasteiger partial charge on any atom is -0.380 e. The average molecular weight is 312 g/mol. The van der Waals surface area contributed by atoms with Crippen molar-refractivity contribution < 1.29 is 4.74 Å². The van der Waals surface area contributed by atoms with E-state index in [2.05, 4.69) is 52.4 Å². The second-order valence-corrected chi connectivity index (χ2v) is 5.95. The Hall–Kier alpha value is -0.380. The summed E-state index contributed by atoms with van der Waals surface area (Å²) in [7, 11) is 1.84. The van der Waals surface area contributed by atoms with Gasteiger partial charge in [-0.1, -0.05) is 35.0 Å². The van der Waals surface area contributed by atoms with E-state index in [1.807, 2.05) is 7.11 Å². The van der Waals surface area contributed by atoms with E-state index >= 15 is 0 Å². The molecule has 0 amide bonds. The largest absolute Gasteiger partial charge is 0.380 e. The first-order chi connectivity index (χ1) is 8.74. The highest BCUT2D eigenvalue weighted by Gasteiger charge is 2.36. The van der Waals surface area contributed by atoms with Gasteiger partial charge in [-0.3, -0.25) is 0 Å². The maximum atomic E-state index is 5.71. The third-order valence-electron chi connectivity index (χ3n) is 3.59. The van der Waals surface area contributed by atoms with Crippen LogP contribution in [0.3, 0.4) is 0 Å². The molecule has 0 radical (unpaired) electrons. The molecular weight excluding hydrogens is 290 g/mol. The molecule has 1 saturated carbocycles. The van der Waals surface area contributed by atoms with Gasteiger partial charge in [0.05, 0.1) is 6.10 Å². The Morgan fingerprint density at radius 3 is 2.50 bits per heavy atom. The Bertz CT molecular complexity index is 361. The van der Waals surface area contributed by atoms with E-state index in [4.69, 9.17) is 4.74 Å². The lowest BCUT2D eigenvalue weighted by molar-refractivity contribution is 0.0516. The summed E-state index contributed by atoms with van der Waals surface area (Å²) in [6.45, 7) is 3.15. The zero-order valence-electron chi connectivity index (χ0n) is 11.2. The quantitative estimate of drug-likeness (QED) is 0.833. The molecule has 1 aromatic carbocycles. The maximum Gasteiger partial charge on any atom is 0.0755 e. The fourth-order valence-electron chi connectivity index (χ4n) is 2.55. The van der Waals surface area contributed by atoms with Crippen LogP contribution in [0.4, 0.5) is 0 Å². The molecule has 1 aromatic rings. The van der Waals surface area contributed by atoms with Gasteiger partial charge in [-0.05, 0) is 49.4 Å². The van der Waals surface area contributed by atoms with Gasteiger partial charge < -0.3 is 10.1 Å². The van der Waals surface area contributed by atoms with E-state index in [1.54, 1.807) is 0 Å². The Kier molecular flexibility index (Phi) is 5.22. The Morgan fingerprint density at radius 2 is 2.00 bits per heavy atom. The summed E-state index contributed by atoms with van der Waals surface area (Å²) in [5, 5.41) is 3.58. The molecule has 1 aliphatic rings. The van der Waals surface area contributed by atoms with Gasteiger partial charge in [0.15, 0.2) is 0 Å². The van der Waals surface area contributed by atoms with Gasteiger partial charge in [-0.2, -0.15) is 0 Å². The van der Waals surface area contributed by atoms with Crippen LogP contribution in [0.5, 0.6) is 0 Å². The lowest BCUT2D eigenvalue weighted by atomic mass is 9.98. The van der Waals surface area contributed by atoms with Crippen molar-refractivity contribution in [3.63, 3.8) is 0 Å². The molecule has 0 bridgehead atoms. The van der Waals surface area contributed by atoms with Crippen LogP contribution in [0.2, 0.25) is 0 Å². The summed E-state index contributed by atoms with van der Waals surface area (Å²) in [5.41, 5.74) is 1.37. The van der Waals surface area contributed by atoms with Crippen LogP contribution in [0.1, 0.15) is 25.3 Å². The van der Waals surface area contributed by atoms with Crippen molar-refractivity contribution in [3.8, 4) is 0 Å². The fraction of sp³-hybridized carbons (Fsp3) is 0.600. The summed E-state index contributed by atoms with van der Waals surface area (Å²) >= 11 is 3.48. The molecule has 18 heavy (non-hydrogen) atoms. The van der Waals surface area contributed by atoms with Crippen LogP contribution in [0.25, 0.3) is 0 Å². The lowest BCUT2D eigenvalue weighted by Crippen LogP contribution is -2.43. The monoisotopic (exact) mass is 311 g/mol. The smallest absolute Gasteiger partial charge is 0.0755 e. The Balaban J connectivity index is 2.02. The van der Waals surface area contributed by atoms with Crippen molar-refractivity contribution in [1.82, 2.24) is 5.32 Å². The number of hydrogen-bond acceptors (Lipinski definition) is 2. The summed E-state index contributed by atoms with van der Waals surface area (Å²) < 4.78 is 6.85. The van der Waals surface area contributed by atoms with Crippen LogP contribution >= 0.6 is 15.9 Å². The topological polar surface area (TPSA) is 21.3 Å². The Labute approximate surface area is 118 Å². The van der Waals surface area contributed by atoms with Crippen LogP contribution in [-0.4, -0.2) is 25.8 Å². The zero-order valence-corrected chi connectivity index (χ0v) is 12.7. The maximum absolute atomic E-state index is 5.71. The molecular formula is C15H22BrNO. The minimum atomic E-state index is 0.355. The molecule has 2 nitrogen and oxygen atoms in total. The summed E-state index contributed by atoms with van der Waals surface area (Å²) in [5.74, 6) is 0.759. The highest BCUT2D eigenvalue weighted by molar-refractivity contribution is 9.10. The normalized spacial score (nSPS) is 18.6. The van der Waals surface area contributed by atoms with Gasteiger partial charge >= 0.3 is 0 Å². The van der Waals surface area contributed by atoms with Gasteiger partial charge in [-0.15, -0.1) is 0 Å². The highest BCUT2D eigenvalue weighted by Crippen LogP contribution is 2.36. The molecule has 0 saturated heterocycles. The van der Waals surface area contributed by atoms with E-state index in [0.29, 0.717) is 12.1 Å². The Morgan fingerprint density at radius 1 is 1.33 bits per heavy atom. The highest BCUT2D eigenvalue weighted by atomic mass is 79.9. The fourth-order valence-corrected chi connectivity index (χ4v) is 2.82. The molecule has 1 N–H and O–H groups in total. The van der Waals surface area contributed by atoms with Crippen LogP contribution in [-0.2, 0) is 11.2 Å². The number of methoxy groups -OCH3 is 1. The first-order valence-corrected chi connectivity index (χ1v) is 7.54. The minimum absolute atomic E-state index is 0.355. The third kappa shape index (κ3) is 3.81. The summed E-state index contributed by atoms with van der Waals surface area (Å²) in [6, 6.07) is 9.02. The summed E-state index contributed by atoms with van der Waals surface area (Å²) in [6.07, 6.45) is 4.03. The van der Waals surface area contributed by atoms with Crippen LogP contribution < -0.4 is 5.32 Å². The molecule has 3 heteroatoms. The number of benzene rings is 1. The average Bonchev–Trinajstić information content (AvgIpc) is 3.18. The lowest BCUT2D eigenvalue weighted by Gasteiger charge is -2.27.